The van der Waals surface area contributed by atoms with Gasteiger partial charge in [-0.05, 0) is 54.8 Å². The van der Waals surface area contributed by atoms with Crippen molar-refractivity contribution in [3.05, 3.63) is 64.8 Å². The fourth-order valence-corrected chi connectivity index (χ4v) is 4.77. The summed E-state index contributed by atoms with van der Waals surface area (Å²) in [5, 5.41) is -0.436. The third kappa shape index (κ3) is 4.49. The molecule has 1 atom stereocenters. The van der Waals surface area contributed by atoms with Crippen LogP contribution in [0.4, 0.5) is 4.79 Å². The summed E-state index contributed by atoms with van der Waals surface area (Å²) < 4.78 is 5.31. The molecule has 4 rings (SSSR count). The Kier molecular flexibility index (Phi) is 6.36. The standard InChI is InChI=1S/C23H23N3O4S/c1-30-19-10-3-2-7-16(19)13-20-22(28)26(23(29)31-20)15-21(27)25-12-5-4-9-18(25)17-8-6-11-24-14-17/h2-3,6-8,10-11,13-14,18H,4-5,9,12,15H2,1H3. The molecule has 0 bridgehead atoms. The Balaban J connectivity index is 1.51. The zero-order valence-corrected chi connectivity index (χ0v) is 18.0. The van der Waals surface area contributed by atoms with Crippen molar-refractivity contribution in [3.8, 4) is 5.75 Å². The van der Waals surface area contributed by atoms with Gasteiger partial charge in [-0.15, -0.1) is 0 Å². The average molecular weight is 438 g/mol. The largest absolute Gasteiger partial charge is 0.496 e. The molecule has 0 saturated carbocycles. The van der Waals surface area contributed by atoms with Crippen LogP contribution in [0.25, 0.3) is 6.08 Å². The molecular formula is C23H23N3O4S. The minimum atomic E-state index is -0.454. The zero-order valence-electron chi connectivity index (χ0n) is 17.2. The molecule has 0 N–H and O–H groups in total. The lowest BCUT2D eigenvalue weighted by molar-refractivity contribution is -0.138. The second-order valence-corrected chi connectivity index (χ2v) is 8.39. The van der Waals surface area contributed by atoms with Crippen molar-refractivity contribution in [3.63, 3.8) is 0 Å². The topological polar surface area (TPSA) is 79.8 Å². The molecule has 3 amide bonds. The lowest BCUT2D eigenvalue weighted by atomic mass is 9.96. The van der Waals surface area contributed by atoms with Gasteiger partial charge in [-0.3, -0.25) is 24.3 Å². The van der Waals surface area contributed by atoms with Crippen LogP contribution in [0.15, 0.2) is 53.7 Å². The van der Waals surface area contributed by atoms with Crippen molar-refractivity contribution < 1.29 is 19.1 Å². The SMILES string of the molecule is COc1ccccc1C=C1SC(=O)N(CC(=O)N2CCCCC2c2cccnc2)C1=O. The number of hydrogen-bond acceptors (Lipinski definition) is 6. The van der Waals surface area contributed by atoms with E-state index in [2.05, 4.69) is 4.98 Å². The van der Waals surface area contributed by atoms with Crippen LogP contribution >= 0.6 is 11.8 Å². The highest BCUT2D eigenvalue weighted by molar-refractivity contribution is 8.18. The van der Waals surface area contributed by atoms with Crippen LogP contribution in [0.5, 0.6) is 5.75 Å². The van der Waals surface area contributed by atoms with E-state index in [9.17, 15) is 14.4 Å². The highest BCUT2D eigenvalue weighted by atomic mass is 32.2. The minimum Gasteiger partial charge on any atom is -0.496 e. The Morgan fingerprint density at radius 3 is 2.84 bits per heavy atom. The molecule has 2 aliphatic rings. The van der Waals surface area contributed by atoms with E-state index in [1.165, 1.54) is 0 Å². The third-order valence-electron chi connectivity index (χ3n) is 5.48. The summed E-state index contributed by atoms with van der Waals surface area (Å²) in [6, 6.07) is 11.0. The molecule has 0 aliphatic carbocycles. The summed E-state index contributed by atoms with van der Waals surface area (Å²) in [6.07, 6.45) is 7.87. The van der Waals surface area contributed by atoms with Crippen molar-refractivity contribution in [1.29, 1.82) is 0 Å². The fraction of sp³-hybridized carbons (Fsp3) is 0.304. The van der Waals surface area contributed by atoms with E-state index < -0.39 is 11.1 Å². The molecule has 0 radical (unpaired) electrons. The van der Waals surface area contributed by atoms with Crippen molar-refractivity contribution in [2.24, 2.45) is 0 Å². The molecule has 160 valence electrons. The Bertz CT molecular complexity index is 1020. The number of rotatable bonds is 5. The van der Waals surface area contributed by atoms with Crippen LogP contribution in [0.1, 0.15) is 36.4 Å². The van der Waals surface area contributed by atoms with Crippen molar-refractivity contribution in [2.75, 3.05) is 20.2 Å². The van der Waals surface area contributed by atoms with Gasteiger partial charge in [-0.25, -0.2) is 0 Å². The average Bonchev–Trinajstić information content (AvgIpc) is 3.07. The van der Waals surface area contributed by atoms with E-state index in [-0.39, 0.29) is 23.4 Å². The molecule has 7 nitrogen and oxygen atoms in total. The van der Waals surface area contributed by atoms with Crippen LogP contribution in [-0.2, 0) is 9.59 Å². The van der Waals surface area contributed by atoms with Crippen LogP contribution in [0.3, 0.4) is 0 Å². The monoisotopic (exact) mass is 437 g/mol. The fourth-order valence-electron chi connectivity index (χ4n) is 3.94. The quantitative estimate of drug-likeness (QED) is 0.661. The van der Waals surface area contributed by atoms with E-state index in [1.54, 1.807) is 36.5 Å². The summed E-state index contributed by atoms with van der Waals surface area (Å²) in [4.78, 5) is 45.8. The van der Waals surface area contributed by atoms with Gasteiger partial charge >= 0.3 is 0 Å². The van der Waals surface area contributed by atoms with Gasteiger partial charge in [-0.1, -0.05) is 24.3 Å². The number of carbonyl (C=O) groups is 3. The van der Waals surface area contributed by atoms with Gasteiger partial charge in [0.1, 0.15) is 12.3 Å². The number of hydrogen-bond donors (Lipinski definition) is 0. The first-order valence-electron chi connectivity index (χ1n) is 10.2. The van der Waals surface area contributed by atoms with Gasteiger partial charge in [0.2, 0.25) is 5.91 Å². The predicted octanol–water partition coefficient (Wildman–Crippen LogP) is 3.88. The first kappa shape index (κ1) is 21.1. The first-order chi connectivity index (χ1) is 15.1. The molecule has 1 aromatic carbocycles. The normalized spacial score (nSPS) is 20.4. The van der Waals surface area contributed by atoms with Crippen molar-refractivity contribution in [1.82, 2.24) is 14.8 Å². The number of likely N-dealkylation sites (tertiary alicyclic amines) is 1. The van der Waals surface area contributed by atoms with Gasteiger partial charge < -0.3 is 9.64 Å². The number of benzene rings is 1. The predicted molar refractivity (Wildman–Crippen MR) is 118 cm³/mol. The molecule has 2 saturated heterocycles. The summed E-state index contributed by atoms with van der Waals surface area (Å²) in [7, 11) is 1.55. The van der Waals surface area contributed by atoms with Crippen LogP contribution in [0, 0.1) is 0 Å². The molecule has 2 fully saturated rings. The molecular weight excluding hydrogens is 414 g/mol. The number of ether oxygens (including phenoxy) is 1. The Hall–Kier alpha value is -3.13. The smallest absolute Gasteiger partial charge is 0.294 e. The van der Waals surface area contributed by atoms with Crippen LogP contribution < -0.4 is 4.74 Å². The van der Waals surface area contributed by atoms with E-state index >= 15 is 0 Å². The maximum atomic E-state index is 13.1. The minimum absolute atomic E-state index is 0.0843. The number of carbonyl (C=O) groups excluding carboxylic acids is 3. The molecule has 1 unspecified atom stereocenters. The maximum Gasteiger partial charge on any atom is 0.294 e. The number of pyridine rings is 1. The number of amides is 3. The van der Waals surface area contributed by atoms with Gasteiger partial charge in [0.25, 0.3) is 11.1 Å². The lowest BCUT2D eigenvalue weighted by Crippen LogP contribution is -2.45. The summed E-state index contributed by atoms with van der Waals surface area (Å²) in [6.45, 7) is 0.344. The number of piperidine rings is 1. The van der Waals surface area contributed by atoms with E-state index in [4.69, 9.17) is 4.74 Å². The van der Waals surface area contributed by atoms with Crippen molar-refractivity contribution in [2.45, 2.75) is 25.3 Å². The Morgan fingerprint density at radius 1 is 1.23 bits per heavy atom. The van der Waals surface area contributed by atoms with E-state index in [0.29, 0.717) is 17.9 Å². The molecule has 2 aromatic rings. The van der Waals surface area contributed by atoms with E-state index in [1.807, 2.05) is 30.3 Å². The summed E-state index contributed by atoms with van der Waals surface area (Å²) >= 11 is 0.844. The third-order valence-corrected chi connectivity index (χ3v) is 6.39. The Morgan fingerprint density at radius 2 is 2.06 bits per heavy atom. The second kappa shape index (κ2) is 9.34. The number of thioether (sulfide) groups is 1. The molecule has 0 spiro atoms. The number of para-hydroxylation sites is 1. The van der Waals surface area contributed by atoms with Crippen LogP contribution in [-0.4, -0.2) is 52.0 Å². The van der Waals surface area contributed by atoms with Gasteiger partial charge in [0.05, 0.1) is 18.1 Å². The van der Waals surface area contributed by atoms with Gasteiger partial charge in [0.15, 0.2) is 0 Å². The molecule has 2 aliphatic heterocycles. The van der Waals surface area contributed by atoms with Crippen LogP contribution in [0.2, 0.25) is 0 Å². The van der Waals surface area contributed by atoms with Gasteiger partial charge in [0, 0.05) is 24.5 Å². The highest BCUT2D eigenvalue weighted by Crippen LogP contribution is 2.35. The number of nitrogens with zero attached hydrogens (tertiary/aromatic N) is 3. The zero-order chi connectivity index (χ0) is 21.8. The number of imide groups is 1. The summed E-state index contributed by atoms with van der Waals surface area (Å²) in [5.74, 6) is -0.0726. The molecule has 31 heavy (non-hydrogen) atoms. The highest BCUT2D eigenvalue weighted by Gasteiger charge is 2.38. The molecule has 3 heterocycles. The lowest BCUT2D eigenvalue weighted by Gasteiger charge is -2.36. The second-order valence-electron chi connectivity index (χ2n) is 7.39. The molecule has 1 aromatic heterocycles. The first-order valence-corrected chi connectivity index (χ1v) is 11.0. The number of aromatic nitrogens is 1. The van der Waals surface area contributed by atoms with Crippen molar-refractivity contribution >= 4 is 34.9 Å². The van der Waals surface area contributed by atoms with Gasteiger partial charge in [-0.2, -0.15) is 0 Å². The number of methoxy groups -OCH3 is 1. The Labute approximate surface area is 185 Å². The maximum absolute atomic E-state index is 13.1. The van der Waals surface area contributed by atoms with E-state index in [0.717, 1.165) is 41.5 Å². The summed E-state index contributed by atoms with van der Waals surface area (Å²) in [5.41, 5.74) is 1.68. The molecule has 8 heteroatoms.